The number of phenolic OH excluding ortho intramolecular Hbond substituents is 1. The van der Waals surface area contributed by atoms with E-state index in [0.717, 1.165) is 22.3 Å². The van der Waals surface area contributed by atoms with E-state index in [2.05, 4.69) is 26.1 Å². The maximum Gasteiger partial charge on any atom is 0.249 e. The molecule has 13 nitrogen and oxygen atoms in total. The number of amides is 2. The lowest BCUT2D eigenvalue weighted by Gasteiger charge is -2.25. The molecule has 1 heterocycles. The minimum Gasteiger partial charge on any atom is -0.508 e. The normalized spacial score (nSPS) is 13.1. The van der Waals surface area contributed by atoms with Crippen LogP contribution in [-0.4, -0.2) is 58.2 Å². The number of nitrogens with two attached hydrogens (primary N) is 3. The maximum absolute atomic E-state index is 13.8. The van der Waals surface area contributed by atoms with E-state index in [1.807, 2.05) is 44.2 Å². The van der Waals surface area contributed by atoms with E-state index < -0.39 is 29.9 Å². The van der Waals surface area contributed by atoms with Crippen molar-refractivity contribution in [1.82, 2.24) is 26.1 Å². The molecule has 0 fully saturated rings. The molecule has 0 aliphatic heterocycles. The smallest absolute Gasteiger partial charge is 0.249 e. The van der Waals surface area contributed by atoms with Crippen molar-refractivity contribution in [2.24, 2.45) is 17.2 Å². The highest BCUT2D eigenvalue weighted by atomic mass is 16.5. The van der Waals surface area contributed by atoms with Gasteiger partial charge in [-0.15, -0.1) is 0 Å². The Kier molecular flexibility index (Phi) is 11.8. The molecular formula is C29H41N9O4. The molecule has 1 aromatic heterocycles. The van der Waals surface area contributed by atoms with Crippen LogP contribution < -0.4 is 33.2 Å². The van der Waals surface area contributed by atoms with E-state index in [9.17, 15) is 14.7 Å². The van der Waals surface area contributed by atoms with Gasteiger partial charge in [-0.05, 0) is 80.6 Å². The third kappa shape index (κ3) is 9.28. The summed E-state index contributed by atoms with van der Waals surface area (Å²) < 4.78 is 5.55. The molecular weight excluding hydrogens is 538 g/mol. The first kappa shape index (κ1) is 32.0. The van der Waals surface area contributed by atoms with Gasteiger partial charge in [0.15, 0.2) is 11.8 Å². The van der Waals surface area contributed by atoms with Gasteiger partial charge in [0.05, 0.1) is 0 Å². The van der Waals surface area contributed by atoms with Crippen molar-refractivity contribution in [2.45, 2.75) is 64.1 Å². The number of carbonyl (C=O) groups excluding carboxylic acids is 2. The lowest BCUT2D eigenvalue weighted by molar-refractivity contribution is -0.130. The number of nitrogens with zero attached hydrogens (tertiary/aromatic N) is 2. The predicted molar refractivity (Wildman–Crippen MR) is 158 cm³/mol. The minimum atomic E-state index is -1.03. The number of phenols is 1. The number of hydrogen-bond acceptors (Lipinski definition) is 9. The molecule has 0 spiro atoms. The summed E-state index contributed by atoms with van der Waals surface area (Å²) >= 11 is 0. The molecule has 13 heteroatoms. The number of hydrogen-bond donors (Lipinski definition) is 8. The van der Waals surface area contributed by atoms with Gasteiger partial charge in [-0.3, -0.25) is 15.0 Å². The van der Waals surface area contributed by atoms with Crippen molar-refractivity contribution < 1.29 is 19.2 Å². The maximum atomic E-state index is 13.8. The van der Waals surface area contributed by atoms with Crippen molar-refractivity contribution in [3.8, 4) is 5.75 Å². The van der Waals surface area contributed by atoms with E-state index in [4.69, 9.17) is 27.1 Å². The molecule has 2 amide bonds. The predicted octanol–water partition coefficient (Wildman–Crippen LogP) is 0.807. The second-order valence-corrected chi connectivity index (χ2v) is 10.2. The van der Waals surface area contributed by atoms with Gasteiger partial charge in [-0.25, -0.2) is 0 Å². The Morgan fingerprint density at radius 2 is 1.64 bits per heavy atom. The second-order valence-electron chi connectivity index (χ2n) is 10.2. The van der Waals surface area contributed by atoms with Crippen LogP contribution in [0.1, 0.15) is 59.3 Å². The van der Waals surface area contributed by atoms with Gasteiger partial charge < -0.3 is 42.8 Å². The van der Waals surface area contributed by atoms with Crippen molar-refractivity contribution in [3.63, 3.8) is 0 Å². The number of guanidine groups is 1. The third-order valence-electron chi connectivity index (χ3n) is 6.82. The molecule has 0 radical (unpaired) electrons. The first-order chi connectivity index (χ1) is 20.1. The van der Waals surface area contributed by atoms with E-state index in [-0.39, 0.29) is 37.0 Å². The van der Waals surface area contributed by atoms with Crippen molar-refractivity contribution in [2.75, 3.05) is 13.1 Å². The summed E-state index contributed by atoms with van der Waals surface area (Å²) in [6.07, 6.45) is 1.82. The van der Waals surface area contributed by atoms with Gasteiger partial charge in [0.1, 0.15) is 23.9 Å². The second kappa shape index (κ2) is 15.5. The van der Waals surface area contributed by atoms with E-state index in [1.165, 1.54) is 0 Å². The molecule has 0 saturated heterocycles. The first-order valence-corrected chi connectivity index (χ1v) is 13.9. The van der Waals surface area contributed by atoms with Gasteiger partial charge in [-0.1, -0.05) is 35.5 Å². The Bertz CT molecular complexity index is 1320. The fraction of sp³-hybridized carbons (Fsp3) is 0.414. The summed E-state index contributed by atoms with van der Waals surface area (Å²) in [4.78, 5) is 31.6. The Labute approximate surface area is 245 Å². The molecule has 226 valence electrons. The first-order valence-electron chi connectivity index (χ1n) is 13.9. The highest BCUT2D eigenvalue weighted by Crippen LogP contribution is 2.23. The number of aromatic hydroxyl groups is 1. The number of aromatic nitrogens is 2. The van der Waals surface area contributed by atoms with Gasteiger partial charge >= 0.3 is 0 Å². The summed E-state index contributed by atoms with van der Waals surface area (Å²) in [5.41, 5.74) is 20.3. The van der Waals surface area contributed by atoms with Crippen LogP contribution in [0.15, 0.2) is 47.0 Å². The Morgan fingerprint density at radius 1 is 0.976 bits per heavy atom. The van der Waals surface area contributed by atoms with Gasteiger partial charge in [0.2, 0.25) is 17.7 Å². The van der Waals surface area contributed by atoms with Gasteiger partial charge in [0, 0.05) is 12.8 Å². The van der Waals surface area contributed by atoms with Crippen LogP contribution in [-0.2, 0) is 22.4 Å². The highest BCUT2D eigenvalue weighted by molar-refractivity contribution is 5.92. The van der Waals surface area contributed by atoms with Gasteiger partial charge in [0.25, 0.3) is 0 Å². The molecule has 3 atom stereocenters. The number of rotatable bonds is 15. The van der Waals surface area contributed by atoms with Crippen molar-refractivity contribution in [3.05, 3.63) is 76.4 Å². The lowest BCUT2D eigenvalue weighted by Crippen LogP contribution is -2.56. The van der Waals surface area contributed by atoms with Crippen LogP contribution >= 0.6 is 0 Å². The summed E-state index contributed by atoms with van der Waals surface area (Å²) in [6.45, 7) is 4.20. The monoisotopic (exact) mass is 579 g/mol. The zero-order valence-corrected chi connectivity index (χ0v) is 24.0. The van der Waals surface area contributed by atoms with Crippen LogP contribution in [0.5, 0.6) is 5.75 Å². The summed E-state index contributed by atoms with van der Waals surface area (Å²) in [6, 6.07) is 10.3. The quantitative estimate of drug-likeness (QED) is 0.0932. The zero-order valence-electron chi connectivity index (χ0n) is 24.0. The summed E-state index contributed by atoms with van der Waals surface area (Å²) in [5.74, 6) is -0.579. The fourth-order valence-corrected chi connectivity index (χ4v) is 4.71. The number of carbonyl (C=O) groups is 2. The molecule has 0 saturated carbocycles. The zero-order chi connectivity index (χ0) is 30.6. The molecule has 42 heavy (non-hydrogen) atoms. The summed E-state index contributed by atoms with van der Waals surface area (Å²) in [5, 5.41) is 30.0. The topological polar surface area (TPSA) is 231 Å². The molecule has 2 aromatic carbocycles. The van der Waals surface area contributed by atoms with Crippen molar-refractivity contribution in [1.29, 1.82) is 5.41 Å². The molecule has 0 aliphatic carbocycles. The average molecular weight is 580 g/mol. The Balaban J connectivity index is 1.87. The Hall–Kier alpha value is -4.49. The molecule has 3 rings (SSSR count). The molecule has 0 aliphatic rings. The number of benzene rings is 2. The minimum absolute atomic E-state index is 0.108. The summed E-state index contributed by atoms with van der Waals surface area (Å²) in [7, 11) is 0. The third-order valence-corrected chi connectivity index (χ3v) is 6.82. The van der Waals surface area contributed by atoms with Gasteiger partial charge in [-0.2, -0.15) is 4.98 Å². The standard InChI is InChI=1S/C29H41N9O4/c1-17-13-20(39)14-18(2)21(17)16-24(35-26(40)22(10-12-31)36-29(32)33)27(41)34-23(9-6-11-30)28-37-25(38-42-28)15-19-7-4-3-5-8-19/h3-5,7-8,13-14,22-24,39H,6,9-12,15-16,30-31H2,1-2H3,(H,34,41)(H,35,40)(H4,32,33,36)/t22-,23+,24+/m1/s1. The number of nitrogens with one attached hydrogen (secondary N) is 4. The largest absolute Gasteiger partial charge is 0.508 e. The van der Waals surface area contributed by atoms with Crippen LogP contribution in [0.4, 0.5) is 0 Å². The average Bonchev–Trinajstić information content (AvgIpc) is 3.40. The molecule has 0 bridgehead atoms. The lowest BCUT2D eigenvalue weighted by atomic mass is 9.95. The molecule has 0 unspecified atom stereocenters. The van der Waals surface area contributed by atoms with E-state index >= 15 is 0 Å². The Morgan fingerprint density at radius 3 is 2.26 bits per heavy atom. The number of aryl methyl sites for hydroxylation is 2. The van der Waals surface area contributed by atoms with Crippen molar-refractivity contribution >= 4 is 17.8 Å². The molecule has 11 N–H and O–H groups in total. The molecule has 3 aromatic rings. The van der Waals surface area contributed by atoms with E-state index in [0.29, 0.717) is 31.6 Å². The van der Waals surface area contributed by atoms with Crippen LogP contribution in [0.3, 0.4) is 0 Å². The highest BCUT2D eigenvalue weighted by Gasteiger charge is 2.30. The van der Waals surface area contributed by atoms with Crippen LogP contribution in [0.25, 0.3) is 0 Å². The fourth-order valence-electron chi connectivity index (χ4n) is 4.71. The van der Waals surface area contributed by atoms with E-state index in [1.54, 1.807) is 12.1 Å². The van der Waals surface area contributed by atoms with Crippen LogP contribution in [0.2, 0.25) is 0 Å². The van der Waals surface area contributed by atoms with Crippen LogP contribution in [0, 0.1) is 19.3 Å². The SMILES string of the molecule is Cc1cc(O)cc(C)c1C[C@H](NC(=O)[C@@H](CCN)NC(=N)N)C(=O)N[C@@H](CCCN)c1nc(Cc2ccccc2)no1.